The van der Waals surface area contributed by atoms with Gasteiger partial charge in [-0.1, -0.05) is 66.7 Å². The molecular formula is C27H18N6O15. The number of ketones is 1. The molecule has 0 aliphatic heterocycles. The number of rotatable bonds is 9. The van der Waals surface area contributed by atoms with Crippen LogP contribution >= 0.6 is 0 Å². The minimum Gasteiger partial charge on any atom is -0.497 e. The quantitative estimate of drug-likeness (QED) is 0.0919. The normalized spacial score (nSPS) is 10.0. The molecule has 246 valence electrons. The number of aromatic hydroxyl groups is 2. The SMILES string of the molecule is O=C(C=Cc1ccccc1)c1ccccc1.O=[N+]([O-])c1cc([N+](=O)[O-])c(O)c([N+](=O)[O-])c1.O=[N+]([O-])c1cc([N+](=O)[O-])c(O)c([N+](=O)[O-])c1. The van der Waals surface area contributed by atoms with Crippen LogP contribution in [0.25, 0.3) is 6.08 Å². The Kier molecular flexibility index (Phi) is 12.5. The second-order valence-electron chi connectivity index (χ2n) is 8.68. The van der Waals surface area contributed by atoms with E-state index in [2.05, 4.69) is 0 Å². The summed E-state index contributed by atoms with van der Waals surface area (Å²) in [6, 6.07) is 20.8. The molecule has 0 heterocycles. The standard InChI is InChI=1S/C15H12O.2C6H3N3O7/c16-15(14-9-5-2-6-10-14)12-11-13-7-3-1-4-8-13;2*10-6-4(8(13)14)1-3(7(11)12)2-5(6)9(15)16/h1-12H;2*1-2,10H. The second-order valence-corrected chi connectivity index (χ2v) is 8.68. The molecule has 21 nitrogen and oxygen atoms in total. The number of hydrogen-bond donors (Lipinski definition) is 2. The average molecular weight is 666 g/mol. The van der Waals surface area contributed by atoms with Crippen LogP contribution in [0.5, 0.6) is 11.5 Å². The van der Waals surface area contributed by atoms with Crippen LogP contribution in [0.2, 0.25) is 0 Å². The number of benzene rings is 4. The summed E-state index contributed by atoms with van der Waals surface area (Å²) in [7, 11) is 0. The monoisotopic (exact) mass is 666 g/mol. The summed E-state index contributed by atoms with van der Waals surface area (Å²) < 4.78 is 0. The molecule has 4 rings (SSSR count). The number of phenols is 2. The third kappa shape index (κ3) is 9.91. The van der Waals surface area contributed by atoms with Gasteiger partial charge in [-0.05, 0) is 11.6 Å². The van der Waals surface area contributed by atoms with Crippen LogP contribution in [0.3, 0.4) is 0 Å². The van der Waals surface area contributed by atoms with Crippen molar-refractivity contribution in [3.8, 4) is 11.5 Å². The smallest absolute Gasteiger partial charge is 0.324 e. The topological polar surface area (TPSA) is 316 Å². The van der Waals surface area contributed by atoms with Gasteiger partial charge < -0.3 is 10.2 Å². The molecule has 0 bridgehead atoms. The second kappa shape index (κ2) is 16.4. The number of carbonyl (C=O) groups is 1. The zero-order chi connectivity index (χ0) is 36.1. The number of nitro groups is 6. The summed E-state index contributed by atoms with van der Waals surface area (Å²) in [5.74, 6) is -2.38. The number of nitro benzene ring substituents is 6. The molecule has 0 saturated carbocycles. The highest BCUT2D eigenvalue weighted by Crippen LogP contribution is 2.40. The summed E-state index contributed by atoms with van der Waals surface area (Å²) in [5, 5.41) is 80.4. The Hall–Kier alpha value is -7.71. The third-order valence-electron chi connectivity index (χ3n) is 5.60. The fraction of sp³-hybridized carbons (Fsp3) is 0. The van der Waals surface area contributed by atoms with Gasteiger partial charge >= 0.3 is 22.7 Å². The average Bonchev–Trinajstić information content (AvgIpc) is 3.04. The molecular weight excluding hydrogens is 648 g/mol. The predicted octanol–water partition coefficient (Wildman–Crippen LogP) is 5.82. The van der Waals surface area contributed by atoms with Gasteiger partial charge in [-0.3, -0.25) is 65.5 Å². The minimum absolute atomic E-state index is 0.0319. The van der Waals surface area contributed by atoms with Gasteiger partial charge in [0.15, 0.2) is 5.78 Å². The van der Waals surface area contributed by atoms with Crippen molar-refractivity contribution in [2.45, 2.75) is 0 Å². The van der Waals surface area contributed by atoms with Gasteiger partial charge in [0.25, 0.3) is 22.9 Å². The Balaban J connectivity index is 0.000000250. The lowest BCUT2D eigenvalue weighted by atomic mass is 10.1. The number of non-ortho nitro benzene ring substituents is 2. The van der Waals surface area contributed by atoms with Crippen molar-refractivity contribution in [3.05, 3.63) is 163 Å². The van der Waals surface area contributed by atoms with Gasteiger partial charge in [0.1, 0.15) is 0 Å². The maximum absolute atomic E-state index is 11.7. The Labute approximate surface area is 265 Å². The Morgan fingerprint density at radius 3 is 1.10 bits per heavy atom. The summed E-state index contributed by atoms with van der Waals surface area (Å²) >= 11 is 0. The summed E-state index contributed by atoms with van der Waals surface area (Å²) in [6.45, 7) is 0. The molecule has 0 fully saturated rings. The minimum atomic E-state index is -1.21. The highest BCUT2D eigenvalue weighted by molar-refractivity contribution is 6.06. The van der Waals surface area contributed by atoms with E-state index in [1.807, 2.05) is 66.7 Å². The summed E-state index contributed by atoms with van der Waals surface area (Å²) in [6.07, 6.45) is 3.43. The molecule has 0 saturated heterocycles. The molecule has 0 unspecified atom stereocenters. The fourth-order valence-corrected chi connectivity index (χ4v) is 3.38. The molecule has 4 aromatic rings. The van der Waals surface area contributed by atoms with E-state index >= 15 is 0 Å². The van der Waals surface area contributed by atoms with Crippen LogP contribution in [0, 0.1) is 60.7 Å². The summed E-state index contributed by atoms with van der Waals surface area (Å²) in [4.78, 5) is 67.3. The molecule has 21 heteroatoms. The van der Waals surface area contributed by atoms with Crippen molar-refractivity contribution in [3.63, 3.8) is 0 Å². The van der Waals surface area contributed by atoms with Gasteiger partial charge in [0, 0.05) is 5.56 Å². The highest BCUT2D eigenvalue weighted by Gasteiger charge is 2.31. The van der Waals surface area contributed by atoms with E-state index in [-0.39, 0.29) is 5.78 Å². The van der Waals surface area contributed by atoms with Crippen molar-refractivity contribution >= 4 is 46.0 Å². The van der Waals surface area contributed by atoms with E-state index < -0.39 is 75.2 Å². The summed E-state index contributed by atoms with van der Waals surface area (Å²) in [5.41, 5.74) is -4.25. The van der Waals surface area contributed by atoms with Gasteiger partial charge in [-0.2, -0.15) is 0 Å². The van der Waals surface area contributed by atoms with Crippen molar-refractivity contribution in [2.75, 3.05) is 0 Å². The van der Waals surface area contributed by atoms with E-state index in [1.54, 1.807) is 6.08 Å². The molecule has 0 amide bonds. The number of allylic oxidation sites excluding steroid dienone is 1. The van der Waals surface area contributed by atoms with Crippen LogP contribution in [-0.4, -0.2) is 45.5 Å². The molecule has 0 radical (unpaired) electrons. The van der Waals surface area contributed by atoms with Crippen LogP contribution in [-0.2, 0) is 0 Å². The Morgan fingerprint density at radius 1 is 0.500 bits per heavy atom. The predicted molar refractivity (Wildman–Crippen MR) is 162 cm³/mol. The van der Waals surface area contributed by atoms with E-state index in [0.29, 0.717) is 24.3 Å². The van der Waals surface area contributed by atoms with Gasteiger partial charge in [-0.15, -0.1) is 0 Å². The fourth-order valence-electron chi connectivity index (χ4n) is 3.38. The zero-order valence-electron chi connectivity index (χ0n) is 23.6. The molecule has 0 aliphatic rings. The third-order valence-corrected chi connectivity index (χ3v) is 5.60. The Bertz CT molecular complexity index is 1770. The van der Waals surface area contributed by atoms with Crippen LogP contribution in [0.1, 0.15) is 15.9 Å². The largest absolute Gasteiger partial charge is 0.497 e. The molecule has 0 spiro atoms. The van der Waals surface area contributed by atoms with Gasteiger partial charge in [0.05, 0.1) is 53.8 Å². The molecule has 0 aromatic heterocycles. The van der Waals surface area contributed by atoms with Crippen molar-refractivity contribution in [2.24, 2.45) is 0 Å². The Morgan fingerprint density at radius 2 is 0.812 bits per heavy atom. The number of nitrogens with zero attached hydrogens (tertiary/aromatic N) is 6. The van der Waals surface area contributed by atoms with Crippen molar-refractivity contribution < 1.29 is 44.5 Å². The van der Waals surface area contributed by atoms with E-state index in [1.165, 1.54) is 0 Å². The molecule has 2 N–H and O–H groups in total. The lowest BCUT2D eigenvalue weighted by Crippen LogP contribution is -1.97. The maximum atomic E-state index is 11.7. The van der Waals surface area contributed by atoms with E-state index in [4.69, 9.17) is 10.2 Å². The van der Waals surface area contributed by atoms with Crippen LogP contribution in [0.4, 0.5) is 34.1 Å². The van der Waals surface area contributed by atoms with Crippen LogP contribution in [0.15, 0.2) is 91.0 Å². The lowest BCUT2D eigenvalue weighted by Gasteiger charge is -1.97. The van der Waals surface area contributed by atoms with Crippen molar-refractivity contribution in [1.29, 1.82) is 0 Å². The maximum Gasteiger partial charge on any atom is 0.324 e. The van der Waals surface area contributed by atoms with E-state index in [9.17, 15) is 65.5 Å². The molecule has 48 heavy (non-hydrogen) atoms. The first-order valence-electron chi connectivity index (χ1n) is 12.5. The first-order valence-corrected chi connectivity index (χ1v) is 12.5. The number of hydrogen-bond acceptors (Lipinski definition) is 15. The first kappa shape index (κ1) is 36.5. The van der Waals surface area contributed by atoms with Crippen LogP contribution < -0.4 is 0 Å². The highest BCUT2D eigenvalue weighted by atomic mass is 16.7. The number of carbonyl (C=O) groups excluding carboxylic acids is 1. The number of phenolic OH excluding ortho intramolecular Hbond substituents is 2. The first-order chi connectivity index (χ1) is 22.5. The molecule has 0 aliphatic carbocycles. The van der Waals surface area contributed by atoms with Gasteiger partial charge in [0.2, 0.25) is 0 Å². The van der Waals surface area contributed by atoms with Crippen molar-refractivity contribution in [1.82, 2.24) is 0 Å². The van der Waals surface area contributed by atoms with Gasteiger partial charge in [-0.25, -0.2) is 0 Å². The zero-order valence-corrected chi connectivity index (χ0v) is 23.6. The molecule has 0 atom stereocenters. The lowest BCUT2D eigenvalue weighted by molar-refractivity contribution is -0.404. The van der Waals surface area contributed by atoms with E-state index in [0.717, 1.165) is 11.1 Å². The molecule has 4 aromatic carbocycles.